The fourth-order valence-electron chi connectivity index (χ4n) is 4.53. The van der Waals surface area contributed by atoms with Crippen molar-refractivity contribution in [3.05, 3.63) is 83.4 Å². The van der Waals surface area contributed by atoms with Crippen LogP contribution in [0.3, 0.4) is 0 Å². The molecule has 0 saturated carbocycles. The van der Waals surface area contributed by atoms with Crippen LogP contribution in [0.4, 0.5) is 15.8 Å². The highest BCUT2D eigenvalue weighted by Gasteiger charge is 2.16. The molecule has 0 aromatic heterocycles. The minimum atomic E-state index is -0.580. The first-order valence-electron chi connectivity index (χ1n) is 11.6. The first kappa shape index (κ1) is 23.0. The van der Waals surface area contributed by atoms with Crippen molar-refractivity contribution in [2.45, 2.75) is 32.5 Å². The first-order chi connectivity index (χ1) is 16.0. The van der Waals surface area contributed by atoms with Crippen LogP contribution in [0.1, 0.15) is 40.7 Å². The maximum Gasteiger partial charge on any atom is 0.255 e. The largest absolute Gasteiger partial charge is 0.377 e. The van der Waals surface area contributed by atoms with Gasteiger partial charge in [0.2, 0.25) is 0 Å². The Hall–Kier alpha value is -3.18. The Morgan fingerprint density at radius 3 is 2.39 bits per heavy atom. The number of hydrogen-bond acceptors (Lipinski definition) is 3. The quantitative estimate of drug-likeness (QED) is 0.475. The number of hydrogen-bond donors (Lipinski definition) is 1. The van der Waals surface area contributed by atoms with Gasteiger partial charge in [0.25, 0.3) is 5.91 Å². The van der Waals surface area contributed by atoms with Crippen LogP contribution < -0.4 is 10.2 Å². The van der Waals surface area contributed by atoms with E-state index in [1.165, 1.54) is 19.3 Å². The minimum absolute atomic E-state index is 0.183. The SMILES string of the molecule is CN(C)c1ccc(NC(=O)c2ccc(-c3ccccc3)c(CN3CCCCC3)c2)cc1CF. The number of carbonyl (C=O) groups excluding carboxylic acids is 1. The highest BCUT2D eigenvalue weighted by atomic mass is 19.1. The summed E-state index contributed by atoms with van der Waals surface area (Å²) < 4.78 is 13.5. The Labute approximate surface area is 196 Å². The summed E-state index contributed by atoms with van der Waals surface area (Å²) in [5.41, 5.74) is 6.05. The number of alkyl halides is 1. The topological polar surface area (TPSA) is 35.6 Å². The lowest BCUT2D eigenvalue weighted by atomic mass is 9.96. The molecule has 3 aromatic rings. The van der Waals surface area contributed by atoms with Gasteiger partial charge >= 0.3 is 0 Å². The summed E-state index contributed by atoms with van der Waals surface area (Å²) in [5.74, 6) is -0.183. The molecule has 1 fully saturated rings. The summed E-state index contributed by atoms with van der Waals surface area (Å²) in [6.45, 7) is 2.43. The van der Waals surface area contributed by atoms with E-state index in [1.54, 1.807) is 6.07 Å². The number of carbonyl (C=O) groups is 1. The molecule has 1 amide bonds. The Balaban J connectivity index is 1.60. The van der Waals surface area contributed by atoms with Gasteiger partial charge in [-0.25, -0.2) is 4.39 Å². The molecule has 1 aliphatic heterocycles. The van der Waals surface area contributed by atoms with Crippen molar-refractivity contribution < 1.29 is 9.18 Å². The van der Waals surface area contributed by atoms with E-state index >= 15 is 0 Å². The summed E-state index contributed by atoms with van der Waals surface area (Å²) in [6.07, 6.45) is 3.74. The molecule has 0 unspecified atom stereocenters. The first-order valence-corrected chi connectivity index (χ1v) is 11.6. The van der Waals surface area contributed by atoms with Crippen molar-refractivity contribution in [3.63, 3.8) is 0 Å². The summed E-state index contributed by atoms with van der Waals surface area (Å²) in [6, 6.07) is 21.6. The second-order valence-corrected chi connectivity index (χ2v) is 8.90. The molecular weight excluding hydrogens is 413 g/mol. The van der Waals surface area contributed by atoms with Crippen LogP contribution in [0.2, 0.25) is 0 Å². The van der Waals surface area contributed by atoms with Gasteiger partial charge in [-0.15, -0.1) is 0 Å². The molecule has 5 heteroatoms. The molecule has 4 rings (SSSR count). The van der Waals surface area contributed by atoms with Crippen molar-refractivity contribution in [2.75, 3.05) is 37.4 Å². The molecule has 0 atom stereocenters. The number of amides is 1. The number of benzene rings is 3. The number of halogens is 1. The molecule has 172 valence electrons. The van der Waals surface area contributed by atoms with Crippen LogP contribution in [-0.2, 0) is 13.2 Å². The smallest absolute Gasteiger partial charge is 0.255 e. The molecule has 0 aliphatic carbocycles. The number of rotatable bonds is 7. The monoisotopic (exact) mass is 445 g/mol. The summed E-state index contributed by atoms with van der Waals surface area (Å²) in [5, 5.41) is 2.95. The normalized spacial score (nSPS) is 14.2. The number of anilines is 2. The van der Waals surface area contributed by atoms with Crippen LogP contribution in [0.25, 0.3) is 11.1 Å². The van der Waals surface area contributed by atoms with Gasteiger partial charge in [0.15, 0.2) is 0 Å². The van der Waals surface area contributed by atoms with E-state index in [-0.39, 0.29) is 5.91 Å². The molecule has 4 nitrogen and oxygen atoms in total. The highest BCUT2D eigenvalue weighted by Crippen LogP contribution is 2.28. The summed E-state index contributed by atoms with van der Waals surface area (Å²) >= 11 is 0. The third-order valence-electron chi connectivity index (χ3n) is 6.26. The Morgan fingerprint density at radius 2 is 1.70 bits per heavy atom. The van der Waals surface area contributed by atoms with Gasteiger partial charge in [0.1, 0.15) is 6.67 Å². The fourth-order valence-corrected chi connectivity index (χ4v) is 4.53. The minimum Gasteiger partial charge on any atom is -0.377 e. The third-order valence-corrected chi connectivity index (χ3v) is 6.26. The van der Waals surface area contributed by atoms with Gasteiger partial charge in [0, 0.05) is 43.1 Å². The Bertz CT molecular complexity index is 1090. The van der Waals surface area contributed by atoms with Gasteiger partial charge in [0.05, 0.1) is 0 Å². The zero-order valence-electron chi connectivity index (χ0n) is 19.5. The standard InChI is InChI=1S/C28H32FN3O/c1-31(2)27-14-12-25(18-23(27)19-29)30-28(33)22-11-13-26(21-9-5-3-6-10-21)24(17-22)20-32-15-7-4-8-16-32/h3,5-6,9-14,17-18H,4,7-8,15-16,19-20H2,1-2H3,(H,30,33). The van der Waals surface area contributed by atoms with Crippen molar-refractivity contribution in [1.29, 1.82) is 0 Å². The van der Waals surface area contributed by atoms with Crippen LogP contribution in [0.15, 0.2) is 66.7 Å². The average molecular weight is 446 g/mol. The summed E-state index contributed by atoms with van der Waals surface area (Å²) in [4.78, 5) is 17.4. The average Bonchev–Trinajstić information content (AvgIpc) is 2.85. The van der Waals surface area contributed by atoms with E-state index in [1.807, 2.05) is 67.5 Å². The molecule has 0 bridgehead atoms. The lowest BCUT2D eigenvalue weighted by Crippen LogP contribution is -2.29. The highest BCUT2D eigenvalue weighted by molar-refractivity contribution is 6.05. The molecule has 3 aromatic carbocycles. The van der Waals surface area contributed by atoms with E-state index in [9.17, 15) is 9.18 Å². The van der Waals surface area contributed by atoms with E-state index in [2.05, 4.69) is 22.3 Å². The lowest BCUT2D eigenvalue weighted by Gasteiger charge is -2.27. The van der Waals surface area contributed by atoms with E-state index < -0.39 is 6.67 Å². The van der Waals surface area contributed by atoms with Gasteiger partial charge in [-0.1, -0.05) is 42.8 Å². The maximum atomic E-state index is 13.5. The molecule has 0 spiro atoms. The van der Waals surface area contributed by atoms with Gasteiger partial charge in [-0.2, -0.15) is 0 Å². The number of nitrogens with one attached hydrogen (secondary N) is 1. The van der Waals surface area contributed by atoms with Crippen LogP contribution in [-0.4, -0.2) is 38.0 Å². The second kappa shape index (κ2) is 10.6. The van der Waals surface area contributed by atoms with Crippen molar-refractivity contribution in [3.8, 4) is 11.1 Å². The maximum absolute atomic E-state index is 13.5. The molecular formula is C28H32FN3O. The zero-order valence-corrected chi connectivity index (χ0v) is 19.5. The predicted molar refractivity (Wildman–Crippen MR) is 135 cm³/mol. The second-order valence-electron chi connectivity index (χ2n) is 8.90. The Morgan fingerprint density at radius 1 is 0.939 bits per heavy atom. The van der Waals surface area contributed by atoms with Crippen LogP contribution in [0.5, 0.6) is 0 Å². The van der Waals surface area contributed by atoms with Crippen LogP contribution >= 0.6 is 0 Å². The molecule has 1 aliphatic rings. The Kier molecular flexibility index (Phi) is 7.40. The van der Waals surface area contributed by atoms with Crippen molar-refractivity contribution in [1.82, 2.24) is 4.90 Å². The van der Waals surface area contributed by atoms with Gasteiger partial charge in [-0.3, -0.25) is 9.69 Å². The van der Waals surface area contributed by atoms with E-state index in [0.717, 1.165) is 42.0 Å². The molecule has 1 N–H and O–H groups in total. The summed E-state index contributed by atoms with van der Waals surface area (Å²) in [7, 11) is 3.76. The predicted octanol–water partition coefficient (Wildman–Crippen LogP) is 6.13. The van der Waals surface area contributed by atoms with Gasteiger partial charge in [-0.05, 0) is 73.0 Å². The fraction of sp³-hybridized carbons (Fsp3) is 0.321. The molecule has 1 saturated heterocycles. The third kappa shape index (κ3) is 5.60. The number of nitrogens with zero attached hydrogens (tertiary/aromatic N) is 2. The van der Waals surface area contributed by atoms with Crippen molar-refractivity contribution in [2.24, 2.45) is 0 Å². The molecule has 0 radical (unpaired) electrons. The van der Waals surface area contributed by atoms with E-state index in [4.69, 9.17) is 0 Å². The zero-order chi connectivity index (χ0) is 23.2. The number of likely N-dealkylation sites (tertiary alicyclic amines) is 1. The lowest BCUT2D eigenvalue weighted by molar-refractivity contribution is 0.102. The molecule has 1 heterocycles. The van der Waals surface area contributed by atoms with Crippen molar-refractivity contribution >= 4 is 17.3 Å². The van der Waals surface area contributed by atoms with Crippen LogP contribution in [0, 0.1) is 0 Å². The van der Waals surface area contributed by atoms with E-state index in [0.29, 0.717) is 16.8 Å². The van der Waals surface area contributed by atoms with Gasteiger partial charge < -0.3 is 10.2 Å². The number of piperidine rings is 1. The molecule has 33 heavy (non-hydrogen) atoms.